The number of alkyl halides is 1. The third-order valence-electron chi connectivity index (χ3n) is 0.493. The van der Waals surface area contributed by atoms with Crippen molar-refractivity contribution < 1.29 is 4.74 Å². The van der Waals surface area contributed by atoms with E-state index in [-0.39, 0.29) is 5.14 Å². The number of rotatable bonds is 0. The van der Waals surface area contributed by atoms with E-state index in [0.29, 0.717) is 0 Å². The van der Waals surface area contributed by atoms with Crippen LogP contribution in [0, 0.1) is 0 Å². The molecule has 0 spiro atoms. The second-order valence-electron chi connectivity index (χ2n) is 0.922. The lowest BCUT2D eigenvalue weighted by Crippen LogP contribution is -2.10. The molecule has 1 aliphatic heterocycles. The smallest absolute Gasteiger partial charge is 0.225 e. The van der Waals surface area contributed by atoms with Crippen LogP contribution < -0.4 is 5.32 Å². The maximum atomic E-state index is 4.78. The fourth-order valence-electron chi connectivity index (χ4n) is 0.262. The van der Waals surface area contributed by atoms with E-state index in [1.54, 1.807) is 12.5 Å². The zero-order valence-corrected chi connectivity index (χ0v) is 4.60. The van der Waals surface area contributed by atoms with Crippen molar-refractivity contribution in [1.29, 1.82) is 0 Å². The molecule has 3 heteroatoms. The second kappa shape index (κ2) is 1.51. The van der Waals surface area contributed by atoms with Crippen molar-refractivity contribution in [2.45, 2.75) is 5.14 Å². The second-order valence-corrected chi connectivity index (χ2v) is 1.75. The molecule has 0 fully saturated rings. The minimum absolute atomic E-state index is 0.00231. The zero-order chi connectivity index (χ0) is 4.41. The first-order valence-corrected chi connectivity index (χ1v) is 2.52. The van der Waals surface area contributed by atoms with Crippen LogP contribution in [0.1, 0.15) is 0 Å². The van der Waals surface area contributed by atoms with Gasteiger partial charge >= 0.3 is 0 Å². The Morgan fingerprint density at radius 3 is 2.83 bits per heavy atom. The van der Waals surface area contributed by atoms with Crippen LogP contribution in [0.5, 0.6) is 0 Å². The summed E-state index contributed by atoms with van der Waals surface area (Å²) >= 11 is 3.14. The van der Waals surface area contributed by atoms with Gasteiger partial charge in [-0.25, -0.2) is 0 Å². The number of nitrogens with one attached hydrogen (secondary N) is 1. The first kappa shape index (κ1) is 3.99. The molecule has 0 amide bonds. The quantitative estimate of drug-likeness (QED) is 0.406. The first-order valence-electron chi connectivity index (χ1n) is 1.60. The Morgan fingerprint density at radius 1 is 1.83 bits per heavy atom. The van der Waals surface area contributed by atoms with Gasteiger partial charge in [-0.2, -0.15) is 0 Å². The molecule has 1 atom stereocenters. The molecule has 0 radical (unpaired) electrons. The first-order chi connectivity index (χ1) is 2.89. The molecule has 34 valence electrons. The Hall–Kier alpha value is -0.180. The summed E-state index contributed by atoms with van der Waals surface area (Å²) in [6.07, 6.45) is 3.33. The van der Waals surface area contributed by atoms with E-state index in [1.807, 2.05) is 0 Å². The van der Waals surface area contributed by atoms with Crippen LogP contribution in [0.4, 0.5) is 0 Å². The number of hydrogen-bond acceptors (Lipinski definition) is 2. The van der Waals surface area contributed by atoms with Gasteiger partial charge in [-0.1, -0.05) is 0 Å². The molecule has 0 aliphatic carbocycles. The lowest BCUT2D eigenvalue weighted by molar-refractivity contribution is 0.240. The standard InChI is InChI=1S/C3H4BrNO/c4-3-5-1-2-6-3/h1-3,5H. The Labute approximate surface area is 44.3 Å². The van der Waals surface area contributed by atoms with Crippen LogP contribution in [0.15, 0.2) is 12.5 Å². The average molecular weight is 150 g/mol. The monoisotopic (exact) mass is 149 g/mol. The van der Waals surface area contributed by atoms with Crippen LogP contribution in [-0.4, -0.2) is 5.14 Å². The lowest BCUT2D eigenvalue weighted by atomic mass is 11.0. The van der Waals surface area contributed by atoms with Crippen molar-refractivity contribution in [3.05, 3.63) is 12.5 Å². The van der Waals surface area contributed by atoms with Crippen molar-refractivity contribution in [2.75, 3.05) is 0 Å². The molecule has 1 rings (SSSR count). The predicted molar refractivity (Wildman–Crippen MR) is 26.1 cm³/mol. The third-order valence-corrected chi connectivity index (χ3v) is 0.974. The van der Waals surface area contributed by atoms with Crippen LogP contribution in [-0.2, 0) is 4.74 Å². The SMILES string of the molecule is BrC1NC=CO1. The summed E-state index contributed by atoms with van der Waals surface area (Å²) in [7, 11) is 0. The van der Waals surface area contributed by atoms with Gasteiger partial charge in [-0.3, -0.25) is 0 Å². The van der Waals surface area contributed by atoms with E-state index in [0.717, 1.165) is 0 Å². The van der Waals surface area contributed by atoms with Gasteiger partial charge in [0.05, 0.1) is 0 Å². The highest BCUT2D eigenvalue weighted by atomic mass is 79.9. The van der Waals surface area contributed by atoms with E-state index >= 15 is 0 Å². The minimum atomic E-state index is -0.00231. The highest BCUT2D eigenvalue weighted by Gasteiger charge is 2.00. The minimum Gasteiger partial charge on any atom is -0.467 e. The maximum absolute atomic E-state index is 4.78. The molecule has 1 unspecified atom stereocenters. The zero-order valence-electron chi connectivity index (χ0n) is 3.02. The maximum Gasteiger partial charge on any atom is 0.225 e. The van der Waals surface area contributed by atoms with Gasteiger partial charge in [-0.05, 0) is 15.9 Å². The van der Waals surface area contributed by atoms with Gasteiger partial charge in [0, 0.05) is 6.20 Å². The van der Waals surface area contributed by atoms with Crippen molar-refractivity contribution in [3.63, 3.8) is 0 Å². The molecule has 0 aromatic carbocycles. The van der Waals surface area contributed by atoms with Crippen molar-refractivity contribution in [1.82, 2.24) is 5.32 Å². The van der Waals surface area contributed by atoms with E-state index in [1.165, 1.54) is 0 Å². The van der Waals surface area contributed by atoms with Gasteiger partial charge in [0.15, 0.2) is 0 Å². The summed E-state index contributed by atoms with van der Waals surface area (Å²) in [4.78, 5) is 0. The van der Waals surface area contributed by atoms with Gasteiger partial charge in [0.1, 0.15) is 6.26 Å². The molecule has 0 aromatic heterocycles. The largest absolute Gasteiger partial charge is 0.467 e. The molecule has 0 aromatic rings. The molecule has 0 saturated carbocycles. The van der Waals surface area contributed by atoms with E-state index in [2.05, 4.69) is 21.2 Å². The van der Waals surface area contributed by atoms with Crippen LogP contribution in [0.3, 0.4) is 0 Å². The fraction of sp³-hybridized carbons (Fsp3) is 0.333. The Morgan fingerprint density at radius 2 is 2.67 bits per heavy atom. The molecule has 6 heavy (non-hydrogen) atoms. The molecule has 1 heterocycles. The van der Waals surface area contributed by atoms with Gasteiger partial charge in [0.25, 0.3) is 0 Å². The van der Waals surface area contributed by atoms with Crippen LogP contribution in [0.25, 0.3) is 0 Å². The van der Waals surface area contributed by atoms with Crippen LogP contribution >= 0.6 is 15.9 Å². The molecule has 1 N–H and O–H groups in total. The summed E-state index contributed by atoms with van der Waals surface area (Å²) in [6.45, 7) is 0. The highest BCUT2D eigenvalue weighted by molar-refractivity contribution is 9.09. The molecule has 1 aliphatic rings. The summed E-state index contributed by atoms with van der Waals surface area (Å²) in [6, 6.07) is 0. The number of ether oxygens (including phenoxy) is 1. The van der Waals surface area contributed by atoms with Crippen LogP contribution in [0.2, 0.25) is 0 Å². The van der Waals surface area contributed by atoms with Crippen molar-refractivity contribution in [3.8, 4) is 0 Å². The third kappa shape index (κ3) is 0.653. The number of halogens is 1. The van der Waals surface area contributed by atoms with E-state index in [4.69, 9.17) is 4.74 Å². The molecule has 0 bridgehead atoms. The number of hydrogen-bond donors (Lipinski definition) is 1. The Kier molecular flexibility index (Phi) is 1.01. The lowest BCUT2D eigenvalue weighted by Gasteiger charge is -1.97. The molecule has 2 nitrogen and oxygen atoms in total. The Bertz CT molecular complexity index is 65.2. The summed E-state index contributed by atoms with van der Waals surface area (Å²) in [5, 5.41) is 2.83. The van der Waals surface area contributed by atoms with Crippen molar-refractivity contribution in [2.24, 2.45) is 0 Å². The molecular weight excluding hydrogens is 146 g/mol. The summed E-state index contributed by atoms with van der Waals surface area (Å²) in [5.41, 5.74) is 0. The highest BCUT2D eigenvalue weighted by Crippen LogP contribution is 2.01. The normalized spacial score (nSPS) is 29.2. The predicted octanol–water partition coefficient (Wildman–Crippen LogP) is 0.756. The van der Waals surface area contributed by atoms with E-state index < -0.39 is 0 Å². The van der Waals surface area contributed by atoms with Gasteiger partial charge < -0.3 is 10.1 Å². The Balaban J connectivity index is 2.32. The van der Waals surface area contributed by atoms with Gasteiger partial charge in [0.2, 0.25) is 5.14 Å². The van der Waals surface area contributed by atoms with Crippen molar-refractivity contribution >= 4 is 15.9 Å². The topological polar surface area (TPSA) is 21.3 Å². The van der Waals surface area contributed by atoms with E-state index in [9.17, 15) is 0 Å². The molecular formula is C3H4BrNO. The fourth-order valence-corrected chi connectivity index (χ4v) is 0.540. The molecule has 0 saturated heterocycles. The average Bonchev–Trinajstić information content (AvgIpc) is 1.86. The summed E-state index contributed by atoms with van der Waals surface area (Å²) in [5.74, 6) is 0. The summed E-state index contributed by atoms with van der Waals surface area (Å²) < 4.78 is 4.78. The van der Waals surface area contributed by atoms with Gasteiger partial charge in [-0.15, -0.1) is 0 Å².